The topological polar surface area (TPSA) is 66.8 Å². The van der Waals surface area contributed by atoms with Gasteiger partial charge in [0.1, 0.15) is 0 Å². The molecule has 1 saturated carbocycles. The van der Waals surface area contributed by atoms with E-state index in [1.807, 2.05) is 36.4 Å². The molecule has 2 aromatic rings. The molecule has 27 heavy (non-hydrogen) atoms. The molecule has 2 aromatic carbocycles. The molecule has 2 atom stereocenters. The molecule has 140 valence electrons. The summed E-state index contributed by atoms with van der Waals surface area (Å²) in [5.74, 6) is -1.41. The number of nitrogens with zero attached hydrogens (tertiary/aromatic N) is 1. The Bertz CT molecular complexity index is 833. The van der Waals surface area contributed by atoms with Gasteiger partial charge in [0.15, 0.2) is 0 Å². The van der Waals surface area contributed by atoms with Gasteiger partial charge in [-0.2, -0.15) is 0 Å². The predicted molar refractivity (Wildman–Crippen MR) is 101 cm³/mol. The van der Waals surface area contributed by atoms with Crippen molar-refractivity contribution in [2.45, 2.75) is 37.8 Å². The monoisotopic (exact) mass is 365 g/mol. The van der Waals surface area contributed by atoms with E-state index in [-0.39, 0.29) is 12.1 Å². The van der Waals surface area contributed by atoms with Crippen LogP contribution < -0.4 is 0 Å². The van der Waals surface area contributed by atoms with Crippen LogP contribution in [0.3, 0.4) is 0 Å². The summed E-state index contributed by atoms with van der Waals surface area (Å²) in [4.78, 5) is 26.5. The molecule has 5 nitrogen and oxygen atoms in total. The van der Waals surface area contributed by atoms with Crippen molar-refractivity contribution in [1.82, 2.24) is 4.90 Å². The van der Waals surface area contributed by atoms with Gasteiger partial charge in [-0.25, -0.2) is 4.79 Å². The maximum absolute atomic E-state index is 12.9. The minimum atomic E-state index is -0.840. The number of hydrogen-bond acceptors (Lipinski definition) is 3. The number of carboxylic acid groups (broad SMARTS) is 1. The Hall–Kier alpha value is -2.82. The first-order valence-corrected chi connectivity index (χ1v) is 9.40. The Balaban J connectivity index is 1.86. The van der Waals surface area contributed by atoms with Crippen molar-refractivity contribution in [3.8, 4) is 11.1 Å². The molecule has 0 aliphatic heterocycles. The molecule has 2 aliphatic carbocycles. The highest BCUT2D eigenvalue weighted by atomic mass is 16.5. The van der Waals surface area contributed by atoms with Crippen LogP contribution in [0.2, 0.25) is 0 Å². The molecule has 1 N–H and O–H groups in total. The molecule has 5 heteroatoms. The highest BCUT2D eigenvalue weighted by molar-refractivity contribution is 5.82. The van der Waals surface area contributed by atoms with E-state index < -0.39 is 18.0 Å². The number of ether oxygens (including phenoxy) is 1. The molecule has 2 aliphatic rings. The Kier molecular flexibility index (Phi) is 4.60. The third-order valence-electron chi connectivity index (χ3n) is 5.87. The van der Waals surface area contributed by atoms with E-state index in [1.165, 1.54) is 7.11 Å². The fourth-order valence-corrected chi connectivity index (χ4v) is 4.70. The minimum Gasteiger partial charge on any atom is -0.481 e. The van der Waals surface area contributed by atoms with E-state index in [2.05, 4.69) is 12.1 Å². The van der Waals surface area contributed by atoms with Gasteiger partial charge in [-0.1, -0.05) is 61.4 Å². The summed E-state index contributed by atoms with van der Waals surface area (Å²) in [6.07, 6.45) is 2.58. The van der Waals surface area contributed by atoms with Crippen LogP contribution in [0.5, 0.6) is 0 Å². The van der Waals surface area contributed by atoms with Gasteiger partial charge in [-0.3, -0.25) is 9.69 Å². The van der Waals surface area contributed by atoms with Gasteiger partial charge in [0.25, 0.3) is 0 Å². The largest absolute Gasteiger partial charge is 0.481 e. The third kappa shape index (κ3) is 2.87. The normalized spacial score (nSPS) is 21.2. The molecule has 0 heterocycles. The number of carbonyl (C=O) groups excluding carboxylic acids is 1. The Morgan fingerprint density at radius 1 is 0.963 bits per heavy atom. The second-order valence-electron chi connectivity index (χ2n) is 7.25. The lowest BCUT2D eigenvalue weighted by atomic mass is 9.82. The maximum atomic E-state index is 12.9. The van der Waals surface area contributed by atoms with Crippen LogP contribution in [0.15, 0.2) is 48.5 Å². The van der Waals surface area contributed by atoms with Crippen LogP contribution >= 0.6 is 0 Å². The van der Waals surface area contributed by atoms with E-state index in [1.54, 1.807) is 4.90 Å². The summed E-state index contributed by atoms with van der Waals surface area (Å²) in [7, 11) is 1.36. The van der Waals surface area contributed by atoms with Crippen molar-refractivity contribution in [3.63, 3.8) is 0 Å². The fraction of sp³-hybridized carbons (Fsp3) is 0.364. The summed E-state index contributed by atoms with van der Waals surface area (Å²) in [6.45, 7) is 0. The summed E-state index contributed by atoms with van der Waals surface area (Å²) in [6, 6.07) is 15.3. The highest BCUT2D eigenvalue weighted by Gasteiger charge is 2.44. The number of aliphatic carboxylic acids is 1. The van der Waals surface area contributed by atoms with Crippen LogP contribution in [0.4, 0.5) is 4.79 Å². The number of amides is 1. The lowest BCUT2D eigenvalue weighted by Gasteiger charge is -2.41. The number of benzene rings is 2. The van der Waals surface area contributed by atoms with Crippen molar-refractivity contribution < 1.29 is 19.4 Å². The smallest absolute Gasteiger partial charge is 0.410 e. The lowest BCUT2D eigenvalue weighted by Crippen LogP contribution is -2.49. The van der Waals surface area contributed by atoms with Crippen LogP contribution in [0, 0.1) is 5.92 Å². The molecule has 1 fully saturated rings. The quantitative estimate of drug-likeness (QED) is 0.871. The lowest BCUT2D eigenvalue weighted by molar-refractivity contribution is -0.145. The van der Waals surface area contributed by atoms with Crippen LogP contribution in [-0.2, 0) is 9.53 Å². The molecule has 0 saturated heterocycles. The van der Waals surface area contributed by atoms with E-state index in [4.69, 9.17) is 4.74 Å². The van der Waals surface area contributed by atoms with Crippen molar-refractivity contribution in [2.75, 3.05) is 7.11 Å². The number of hydrogen-bond donors (Lipinski definition) is 1. The number of carboxylic acids is 1. The number of methoxy groups -OCH3 is 1. The zero-order valence-electron chi connectivity index (χ0n) is 15.3. The standard InChI is InChI=1S/C22H23NO4/c1-27-22(26)23(19-13-7-6-12-18(19)21(24)25)20-16-10-4-2-8-14(16)15-9-3-5-11-17(15)20/h2-5,8-11,18-20H,6-7,12-13H2,1H3,(H,24,25)/t18-,19+/m0/s1. The van der Waals surface area contributed by atoms with Gasteiger partial charge in [0.2, 0.25) is 0 Å². The number of rotatable bonds is 3. The predicted octanol–water partition coefficient (Wildman–Crippen LogP) is 4.47. The average Bonchev–Trinajstić information content (AvgIpc) is 3.03. The fourth-order valence-electron chi connectivity index (χ4n) is 4.70. The molecule has 0 bridgehead atoms. The molecule has 4 rings (SSSR count). The summed E-state index contributed by atoms with van der Waals surface area (Å²) in [5.41, 5.74) is 4.24. The van der Waals surface area contributed by atoms with Crippen molar-refractivity contribution in [3.05, 3.63) is 59.7 Å². The van der Waals surface area contributed by atoms with Gasteiger partial charge >= 0.3 is 12.1 Å². The third-order valence-corrected chi connectivity index (χ3v) is 5.87. The minimum absolute atomic E-state index is 0.324. The van der Waals surface area contributed by atoms with E-state index in [9.17, 15) is 14.7 Å². The first kappa shape index (κ1) is 17.6. The second-order valence-corrected chi connectivity index (χ2v) is 7.25. The van der Waals surface area contributed by atoms with Gasteiger partial charge in [-0.05, 0) is 35.1 Å². The molecule has 1 amide bonds. The first-order chi connectivity index (χ1) is 13.1. The zero-order valence-corrected chi connectivity index (χ0v) is 15.3. The zero-order chi connectivity index (χ0) is 19.0. The van der Waals surface area contributed by atoms with E-state index >= 15 is 0 Å². The van der Waals surface area contributed by atoms with Crippen LogP contribution in [-0.4, -0.2) is 35.2 Å². The van der Waals surface area contributed by atoms with E-state index in [0.29, 0.717) is 12.8 Å². The Labute approximate surface area is 158 Å². The van der Waals surface area contributed by atoms with Crippen LogP contribution in [0.25, 0.3) is 11.1 Å². The maximum Gasteiger partial charge on any atom is 0.410 e. The summed E-state index contributed by atoms with van der Waals surface area (Å²) < 4.78 is 5.13. The number of fused-ring (bicyclic) bond motifs is 3. The number of carbonyl (C=O) groups is 2. The van der Waals surface area contributed by atoms with Gasteiger partial charge in [0.05, 0.1) is 19.1 Å². The van der Waals surface area contributed by atoms with E-state index in [0.717, 1.165) is 35.1 Å². The van der Waals surface area contributed by atoms with Crippen molar-refractivity contribution in [2.24, 2.45) is 5.92 Å². The van der Waals surface area contributed by atoms with Gasteiger partial charge in [0, 0.05) is 6.04 Å². The molecule has 0 spiro atoms. The average molecular weight is 365 g/mol. The Morgan fingerprint density at radius 2 is 1.52 bits per heavy atom. The molecule has 0 aromatic heterocycles. The molecule has 0 radical (unpaired) electrons. The second kappa shape index (κ2) is 7.06. The summed E-state index contributed by atoms with van der Waals surface area (Å²) >= 11 is 0. The summed E-state index contributed by atoms with van der Waals surface area (Å²) in [5, 5.41) is 9.77. The molecule has 0 unspecified atom stereocenters. The highest BCUT2D eigenvalue weighted by Crippen LogP contribution is 2.48. The SMILES string of the molecule is COC(=O)N(C1c2ccccc2-c2ccccc21)[C@@H]1CCCC[C@@H]1C(=O)O. The molecular formula is C22H23NO4. The Morgan fingerprint density at radius 3 is 2.07 bits per heavy atom. The van der Waals surface area contributed by atoms with Gasteiger partial charge < -0.3 is 9.84 Å². The van der Waals surface area contributed by atoms with Crippen molar-refractivity contribution in [1.29, 1.82) is 0 Å². The molecular weight excluding hydrogens is 342 g/mol. The van der Waals surface area contributed by atoms with Crippen molar-refractivity contribution >= 4 is 12.1 Å². The first-order valence-electron chi connectivity index (χ1n) is 9.40. The van der Waals surface area contributed by atoms with Crippen LogP contribution in [0.1, 0.15) is 42.9 Å². The van der Waals surface area contributed by atoms with Gasteiger partial charge in [-0.15, -0.1) is 0 Å².